The van der Waals surface area contributed by atoms with E-state index < -0.39 is 0 Å². The van der Waals surface area contributed by atoms with Crippen LogP contribution < -0.4 is 0 Å². The van der Waals surface area contributed by atoms with E-state index in [0.717, 1.165) is 0 Å². The molecule has 0 spiro atoms. The van der Waals surface area contributed by atoms with Gasteiger partial charge in [-0.1, -0.05) is 167 Å². The fourth-order valence-corrected chi connectivity index (χ4v) is 4.27. The molecule has 0 bridgehead atoms. The quantitative estimate of drug-likeness (QED) is 0.104. The van der Waals surface area contributed by atoms with Crippen molar-refractivity contribution >= 4 is 0 Å². The lowest BCUT2D eigenvalue weighted by atomic mass is 10.0. The summed E-state index contributed by atoms with van der Waals surface area (Å²) in [5.74, 6) is 0. The maximum absolute atomic E-state index is 2.39. The monoisotopic (exact) mass is 406 g/mol. The second-order valence-electron chi connectivity index (χ2n) is 9.47. The Hall–Kier alpha value is -0.260. The van der Waals surface area contributed by atoms with Gasteiger partial charge in [0.2, 0.25) is 0 Å². The van der Waals surface area contributed by atoms with Crippen LogP contribution in [0.1, 0.15) is 174 Å². The summed E-state index contributed by atoms with van der Waals surface area (Å²) < 4.78 is 0. The summed E-state index contributed by atoms with van der Waals surface area (Å²) in [5, 5.41) is 0. The zero-order chi connectivity index (χ0) is 21.1. The van der Waals surface area contributed by atoms with E-state index in [9.17, 15) is 0 Å². The molecule has 0 aromatic carbocycles. The molecular formula is C29H58. The van der Waals surface area contributed by atoms with Gasteiger partial charge in [-0.25, -0.2) is 0 Å². The van der Waals surface area contributed by atoms with Gasteiger partial charge in [-0.3, -0.25) is 0 Å². The third-order valence-electron chi connectivity index (χ3n) is 6.35. The van der Waals surface area contributed by atoms with Gasteiger partial charge in [-0.2, -0.15) is 0 Å². The molecule has 29 heavy (non-hydrogen) atoms. The maximum atomic E-state index is 2.39. The van der Waals surface area contributed by atoms with Crippen molar-refractivity contribution in [3.8, 4) is 0 Å². The van der Waals surface area contributed by atoms with E-state index in [4.69, 9.17) is 0 Å². The summed E-state index contributed by atoms with van der Waals surface area (Å²) >= 11 is 0. The fourth-order valence-electron chi connectivity index (χ4n) is 4.27. The Labute approximate surface area is 186 Å². The standard InChI is InChI=1S/C29H58/c1-3-5-7-9-11-13-15-17-19-21-23-25-27-29-28-26-24-22-20-18-16-14-12-10-8-6-4-2/h7,9H,3-6,8,10-29H2,1-2H3/b9-7+. The Bertz CT molecular complexity index is 290. The lowest BCUT2D eigenvalue weighted by Crippen LogP contribution is -1.84. The van der Waals surface area contributed by atoms with Gasteiger partial charge in [0, 0.05) is 0 Å². The minimum absolute atomic E-state index is 1.26. The van der Waals surface area contributed by atoms with Gasteiger partial charge in [-0.15, -0.1) is 0 Å². The Morgan fingerprint density at radius 3 is 0.862 bits per heavy atom. The van der Waals surface area contributed by atoms with Gasteiger partial charge >= 0.3 is 0 Å². The molecule has 0 heterocycles. The molecule has 0 aliphatic rings. The Morgan fingerprint density at radius 2 is 0.552 bits per heavy atom. The van der Waals surface area contributed by atoms with Gasteiger partial charge < -0.3 is 0 Å². The second kappa shape index (κ2) is 27.7. The number of rotatable bonds is 25. The minimum atomic E-state index is 1.26. The van der Waals surface area contributed by atoms with Crippen LogP contribution in [0.15, 0.2) is 12.2 Å². The van der Waals surface area contributed by atoms with Crippen molar-refractivity contribution < 1.29 is 0 Å². The number of unbranched alkanes of at least 4 members (excludes halogenated alkanes) is 23. The molecule has 0 nitrogen and oxygen atoms in total. The van der Waals surface area contributed by atoms with E-state index in [2.05, 4.69) is 26.0 Å². The van der Waals surface area contributed by atoms with Gasteiger partial charge in [0.1, 0.15) is 0 Å². The molecule has 0 N–H and O–H groups in total. The molecule has 0 radical (unpaired) electrons. The first kappa shape index (κ1) is 28.7. The molecule has 0 heteroatoms. The lowest BCUT2D eigenvalue weighted by Gasteiger charge is -2.04. The molecule has 0 rings (SSSR count). The normalized spacial score (nSPS) is 11.7. The molecule has 0 aliphatic heterocycles. The van der Waals surface area contributed by atoms with Crippen LogP contribution in [-0.2, 0) is 0 Å². The van der Waals surface area contributed by atoms with Gasteiger partial charge in [0.15, 0.2) is 0 Å². The summed E-state index contributed by atoms with van der Waals surface area (Å²) in [6.07, 6.45) is 40.9. The zero-order valence-corrected chi connectivity index (χ0v) is 20.8. The average Bonchev–Trinajstić information content (AvgIpc) is 2.74. The maximum Gasteiger partial charge on any atom is -0.0351 e. The SMILES string of the molecule is CCC/C=C/CCCCCCCCCCCCCCCCCCCCCCCC. The molecule has 174 valence electrons. The molecule has 0 saturated heterocycles. The van der Waals surface area contributed by atoms with E-state index in [-0.39, 0.29) is 0 Å². The summed E-state index contributed by atoms with van der Waals surface area (Å²) in [6.45, 7) is 4.56. The summed E-state index contributed by atoms with van der Waals surface area (Å²) in [4.78, 5) is 0. The van der Waals surface area contributed by atoms with Crippen LogP contribution in [0.25, 0.3) is 0 Å². The van der Waals surface area contributed by atoms with Crippen LogP contribution >= 0.6 is 0 Å². The topological polar surface area (TPSA) is 0 Å². The third kappa shape index (κ3) is 27.7. The highest BCUT2D eigenvalue weighted by molar-refractivity contribution is 4.80. The Morgan fingerprint density at radius 1 is 0.276 bits per heavy atom. The molecule has 0 unspecified atom stereocenters. The highest BCUT2D eigenvalue weighted by atomic mass is 14.0. The predicted octanol–water partition coefficient (Wildman–Crippen LogP) is 11.3. The van der Waals surface area contributed by atoms with Gasteiger partial charge in [-0.05, 0) is 19.3 Å². The van der Waals surface area contributed by atoms with Gasteiger partial charge in [0.25, 0.3) is 0 Å². The minimum Gasteiger partial charge on any atom is -0.0885 e. The van der Waals surface area contributed by atoms with Crippen LogP contribution in [0.3, 0.4) is 0 Å². The van der Waals surface area contributed by atoms with E-state index in [1.165, 1.54) is 161 Å². The Kier molecular flexibility index (Phi) is 27.5. The largest absolute Gasteiger partial charge is 0.0885 e. The molecule has 0 amide bonds. The van der Waals surface area contributed by atoms with Crippen molar-refractivity contribution in [1.29, 1.82) is 0 Å². The molecule has 0 aliphatic carbocycles. The summed E-state index contributed by atoms with van der Waals surface area (Å²) in [5.41, 5.74) is 0. The number of hydrogen-bond donors (Lipinski definition) is 0. The molecule has 0 fully saturated rings. The summed E-state index contributed by atoms with van der Waals surface area (Å²) in [7, 11) is 0. The number of hydrogen-bond acceptors (Lipinski definition) is 0. The fraction of sp³-hybridized carbons (Fsp3) is 0.931. The van der Waals surface area contributed by atoms with Crippen molar-refractivity contribution in [1.82, 2.24) is 0 Å². The number of allylic oxidation sites excluding steroid dienone is 2. The van der Waals surface area contributed by atoms with E-state index in [1.54, 1.807) is 0 Å². The first-order valence-electron chi connectivity index (χ1n) is 14.1. The molecule has 0 aromatic heterocycles. The van der Waals surface area contributed by atoms with Crippen LogP contribution in [0.2, 0.25) is 0 Å². The molecular weight excluding hydrogens is 348 g/mol. The summed E-state index contributed by atoms with van der Waals surface area (Å²) in [6, 6.07) is 0. The van der Waals surface area contributed by atoms with Crippen molar-refractivity contribution in [2.45, 2.75) is 174 Å². The van der Waals surface area contributed by atoms with Crippen LogP contribution in [0, 0.1) is 0 Å². The van der Waals surface area contributed by atoms with Crippen molar-refractivity contribution in [3.05, 3.63) is 12.2 Å². The highest BCUT2D eigenvalue weighted by Crippen LogP contribution is 2.15. The van der Waals surface area contributed by atoms with Crippen LogP contribution in [0.5, 0.6) is 0 Å². The van der Waals surface area contributed by atoms with Crippen molar-refractivity contribution in [2.75, 3.05) is 0 Å². The van der Waals surface area contributed by atoms with E-state index in [1.807, 2.05) is 0 Å². The van der Waals surface area contributed by atoms with Crippen molar-refractivity contribution in [2.24, 2.45) is 0 Å². The zero-order valence-electron chi connectivity index (χ0n) is 20.8. The molecule has 0 aromatic rings. The Balaban J connectivity index is 3.00. The lowest BCUT2D eigenvalue weighted by molar-refractivity contribution is 0.519. The molecule has 0 atom stereocenters. The molecule has 0 saturated carbocycles. The predicted molar refractivity (Wildman–Crippen MR) is 136 cm³/mol. The van der Waals surface area contributed by atoms with E-state index >= 15 is 0 Å². The van der Waals surface area contributed by atoms with Gasteiger partial charge in [0.05, 0.1) is 0 Å². The van der Waals surface area contributed by atoms with Crippen molar-refractivity contribution in [3.63, 3.8) is 0 Å². The highest BCUT2D eigenvalue weighted by Gasteiger charge is 1.95. The first-order valence-corrected chi connectivity index (χ1v) is 14.1. The third-order valence-corrected chi connectivity index (χ3v) is 6.35. The smallest absolute Gasteiger partial charge is 0.0351 e. The van der Waals surface area contributed by atoms with E-state index in [0.29, 0.717) is 0 Å². The second-order valence-corrected chi connectivity index (χ2v) is 9.47. The van der Waals surface area contributed by atoms with Crippen LogP contribution in [-0.4, -0.2) is 0 Å². The van der Waals surface area contributed by atoms with Crippen LogP contribution in [0.4, 0.5) is 0 Å². The average molecular weight is 407 g/mol. The first-order chi connectivity index (χ1) is 14.4.